The van der Waals surface area contributed by atoms with Crippen molar-refractivity contribution in [2.75, 3.05) is 26.3 Å². The molecule has 4 heteroatoms. The van der Waals surface area contributed by atoms with Crippen molar-refractivity contribution in [3.8, 4) is 0 Å². The Kier molecular flexibility index (Phi) is 2.45. The molecule has 3 saturated heterocycles. The summed E-state index contributed by atoms with van der Waals surface area (Å²) < 4.78 is 10.6. The van der Waals surface area contributed by atoms with Gasteiger partial charge in [-0.15, -0.1) is 0 Å². The summed E-state index contributed by atoms with van der Waals surface area (Å²) >= 11 is 0. The smallest absolute Gasteiger partial charge is 0.0825 e. The van der Waals surface area contributed by atoms with E-state index in [1.54, 1.807) is 0 Å². The molecule has 0 spiro atoms. The van der Waals surface area contributed by atoms with Crippen molar-refractivity contribution in [1.82, 2.24) is 10.6 Å². The fraction of sp³-hybridized carbons (Fsp3) is 1.00. The molecule has 0 saturated carbocycles. The average Bonchev–Trinajstić information content (AvgIpc) is 3.01. The first-order valence-corrected chi connectivity index (χ1v) is 5.62. The summed E-state index contributed by atoms with van der Waals surface area (Å²) in [6.07, 6.45) is 3.36. The molecule has 0 bridgehead atoms. The molecule has 0 aromatic rings. The molecule has 14 heavy (non-hydrogen) atoms. The zero-order valence-electron chi connectivity index (χ0n) is 8.37. The standard InChI is InChI=1S/C10H18N2O2/c1-2-12-10(4-8-6-14-8)9(11-1)3-7-5-13-7/h7-12H,1-6H2. The summed E-state index contributed by atoms with van der Waals surface area (Å²) in [4.78, 5) is 0. The maximum absolute atomic E-state index is 5.28. The van der Waals surface area contributed by atoms with Crippen molar-refractivity contribution in [2.24, 2.45) is 0 Å². The number of rotatable bonds is 4. The van der Waals surface area contributed by atoms with Gasteiger partial charge in [0.15, 0.2) is 0 Å². The number of nitrogens with one attached hydrogen (secondary N) is 2. The molecule has 0 amide bonds. The lowest BCUT2D eigenvalue weighted by Gasteiger charge is -2.33. The molecule has 80 valence electrons. The molecule has 2 N–H and O–H groups in total. The van der Waals surface area contributed by atoms with Crippen LogP contribution in [0.4, 0.5) is 0 Å². The van der Waals surface area contributed by atoms with E-state index in [-0.39, 0.29) is 0 Å². The van der Waals surface area contributed by atoms with Crippen LogP contribution in [0.3, 0.4) is 0 Å². The Labute approximate surface area is 84.3 Å². The van der Waals surface area contributed by atoms with Crippen LogP contribution in [-0.2, 0) is 9.47 Å². The van der Waals surface area contributed by atoms with E-state index >= 15 is 0 Å². The van der Waals surface area contributed by atoms with Crippen molar-refractivity contribution in [2.45, 2.75) is 37.1 Å². The molecular weight excluding hydrogens is 180 g/mol. The van der Waals surface area contributed by atoms with Gasteiger partial charge < -0.3 is 20.1 Å². The lowest BCUT2D eigenvalue weighted by molar-refractivity contribution is 0.251. The van der Waals surface area contributed by atoms with Crippen molar-refractivity contribution in [1.29, 1.82) is 0 Å². The van der Waals surface area contributed by atoms with Crippen LogP contribution in [0.5, 0.6) is 0 Å². The van der Waals surface area contributed by atoms with Crippen LogP contribution in [-0.4, -0.2) is 50.6 Å². The highest BCUT2D eigenvalue weighted by molar-refractivity contribution is 4.93. The second-order valence-corrected chi connectivity index (χ2v) is 4.50. The highest BCUT2D eigenvalue weighted by Gasteiger charge is 2.35. The molecule has 0 aromatic carbocycles. The molecule has 3 rings (SSSR count). The van der Waals surface area contributed by atoms with E-state index in [0.717, 1.165) is 39.1 Å². The van der Waals surface area contributed by atoms with E-state index in [1.165, 1.54) is 0 Å². The van der Waals surface area contributed by atoms with Gasteiger partial charge in [0, 0.05) is 25.2 Å². The summed E-state index contributed by atoms with van der Waals surface area (Å²) in [7, 11) is 0. The normalized spacial score (nSPS) is 46.3. The topological polar surface area (TPSA) is 49.1 Å². The minimum absolute atomic E-state index is 0.523. The van der Waals surface area contributed by atoms with Gasteiger partial charge in [0.1, 0.15) is 0 Å². The molecule has 3 aliphatic rings. The lowest BCUT2D eigenvalue weighted by Crippen LogP contribution is -2.56. The number of hydrogen-bond acceptors (Lipinski definition) is 4. The molecule has 4 atom stereocenters. The number of ether oxygens (including phenoxy) is 2. The Bertz CT molecular complexity index is 182. The molecule has 4 unspecified atom stereocenters. The van der Waals surface area contributed by atoms with Crippen molar-refractivity contribution in [3.05, 3.63) is 0 Å². The van der Waals surface area contributed by atoms with Crippen molar-refractivity contribution in [3.63, 3.8) is 0 Å². The second-order valence-electron chi connectivity index (χ2n) is 4.50. The van der Waals surface area contributed by atoms with Gasteiger partial charge in [0.05, 0.1) is 25.4 Å². The molecular formula is C10H18N2O2. The fourth-order valence-electron chi connectivity index (χ4n) is 2.27. The van der Waals surface area contributed by atoms with Gasteiger partial charge in [-0.25, -0.2) is 0 Å². The Balaban J connectivity index is 1.52. The van der Waals surface area contributed by atoms with Crippen molar-refractivity contribution < 1.29 is 9.47 Å². The summed E-state index contributed by atoms with van der Waals surface area (Å²) in [5, 5.41) is 7.15. The molecule has 0 radical (unpaired) electrons. The van der Waals surface area contributed by atoms with Crippen LogP contribution in [0.15, 0.2) is 0 Å². The third-order valence-corrected chi connectivity index (χ3v) is 3.26. The molecule has 0 aliphatic carbocycles. The van der Waals surface area contributed by atoms with Gasteiger partial charge in [0.25, 0.3) is 0 Å². The third kappa shape index (κ3) is 2.25. The Morgan fingerprint density at radius 2 is 1.29 bits per heavy atom. The summed E-state index contributed by atoms with van der Waals surface area (Å²) in [6.45, 7) is 4.09. The van der Waals surface area contributed by atoms with Gasteiger partial charge in [-0.05, 0) is 12.8 Å². The summed E-state index contributed by atoms with van der Waals surface area (Å²) in [5.41, 5.74) is 0. The van der Waals surface area contributed by atoms with Gasteiger partial charge in [-0.2, -0.15) is 0 Å². The zero-order chi connectivity index (χ0) is 9.38. The molecule has 3 aliphatic heterocycles. The lowest BCUT2D eigenvalue weighted by atomic mass is 9.97. The fourth-order valence-corrected chi connectivity index (χ4v) is 2.27. The van der Waals surface area contributed by atoms with E-state index in [9.17, 15) is 0 Å². The first kappa shape index (κ1) is 9.09. The number of piperazine rings is 1. The Morgan fingerprint density at radius 3 is 1.64 bits per heavy atom. The Morgan fingerprint density at radius 1 is 0.857 bits per heavy atom. The predicted octanol–water partition coefficient (Wildman–Crippen LogP) is -0.506. The maximum Gasteiger partial charge on any atom is 0.0825 e. The van der Waals surface area contributed by atoms with Gasteiger partial charge in [-0.1, -0.05) is 0 Å². The minimum Gasteiger partial charge on any atom is -0.373 e. The van der Waals surface area contributed by atoms with E-state index in [4.69, 9.17) is 9.47 Å². The van der Waals surface area contributed by atoms with Gasteiger partial charge >= 0.3 is 0 Å². The molecule has 0 aromatic heterocycles. The zero-order valence-corrected chi connectivity index (χ0v) is 8.37. The highest BCUT2D eigenvalue weighted by atomic mass is 16.6. The van der Waals surface area contributed by atoms with E-state index < -0.39 is 0 Å². The van der Waals surface area contributed by atoms with E-state index in [2.05, 4.69) is 10.6 Å². The molecule has 3 heterocycles. The summed E-state index contributed by atoms with van der Waals surface area (Å²) in [6, 6.07) is 1.17. The minimum atomic E-state index is 0.523. The third-order valence-electron chi connectivity index (χ3n) is 3.26. The molecule has 4 nitrogen and oxygen atoms in total. The SMILES string of the molecule is C1CNC(CC2CO2)C(CC2CO2)N1. The predicted molar refractivity (Wildman–Crippen MR) is 52.3 cm³/mol. The first-order valence-electron chi connectivity index (χ1n) is 5.62. The van der Waals surface area contributed by atoms with Crippen LogP contribution in [0.1, 0.15) is 12.8 Å². The van der Waals surface area contributed by atoms with E-state index in [1.807, 2.05) is 0 Å². The van der Waals surface area contributed by atoms with Crippen LogP contribution < -0.4 is 10.6 Å². The van der Waals surface area contributed by atoms with Gasteiger partial charge in [0.2, 0.25) is 0 Å². The Hall–Kier alpha value is -0.160. The van der Waals surface area contributed by atoms with Crippen LogP contribution in [0.2, 0.25) is 0 Å². The molecule has 3 fully saturated rings. The van der Waals surface area contributed by atoms with Gasteiger partial charge in [-0.3, -0.25) is 0 Å². The van der Waals surface area contributed by atoms with Crippen molar-refractivity contribution >= 4 is 0 Å². The van der Waals surface area contributed by atoms with E-state index in [0.29, 0.717) is 24.3 Å². The maximum atomic E-state index is 5.28. The quantitative estimate of drug-likeness (QED) is 0.598. The second kappa shape index (κ2) is 3.77. The number of epoxide rings is 2. The first-order chi connectivity index (χ1) is 6.92. The van der Waals surface area contributed by atoms with Crippen LogP contribution >= 0.6 is 0 Å². The average molecular weight is 198 g/mol. The van der Waals surface area contributed by atoms with Crippen LogP contribution in [0, 0.1) is 0 Å². The number of hydrogen-bond donors (Lipinski definition) is 2. The monoisotopic (exact) mass is 198 g/mol. The highest BCUT2D eigenvalue weighted by Crippen LogP contribution is 2.23. The largest absolute Gasteiger partial charge is 0.373 e. The van der Waals surface area contributed by atoms with Crippen LogP contribution in [0.25, 0.3) is 0 Å². The summed E-state index contributed by atoms with van der Waals surface area (Å²) in [5.74, 6) is 0.